The Balaban J connectivity index is 1.79. The van der Waals surface area contributed by atoms with Crippen LogP contribution in [0.2, 0.25) is 0 Å². The smallest absolute Gasteiger partial charge is 0.120 e. The lowest BCUT2D eigenvalue weighted by Crippen LogP contribution is -2.32. The number of rotatable bonds is 3. The van der Waals surface area contributed by atoms with Crippen molar-refractivity contribution in [3.05, 3.63) is 54.1 Å². The molecule has 0 amide bonds. The summed E-state index contributed by atoms with van der Waals surface area (Å²) in [7, 11) is 0. The van der Waals surface area contributed by atoms with E-state index in [1.165, 1.54) is 24.0 Å². The third kappa shape index (κ3) is 3.45. The average Bonchev–Trinajstić information content (AvgIpc) is 2.52. The number of likely N-dealkylation sites (tertiary alicyclic amines) is 1. The second-order valence-corrected chi connectivity index (χ2v) is 6.17. The summed E-state index contributed by atoms with van der Waals surface area (Å²) in [6.45, 7) is 5.44. The molecule has 0 bridgehead atoms. The van der Waals surface area contributed by atoms with Crippen molar-refractivity contribution >= 4 is 0 Å². The summed E-state index contributed by atoms with van der Waals surface area (Å²) in [5.74, 6) is 1.25. The van der Waals surface area contributed by atoms with Gasteiger partial charge in [-0.1, -0.05) is 43.3 Å². The van der Waals surface area contributed by atoms with Crippen LogP contribution in [0.3, 0.4) is 0 Å². The predicted molar refractivity (Wildman–Crippen MR) is 87.2 cm³/mol. The molecule has 110 valence electrons. The summed E-state index contributed by atoms with van der Waals surface area (Å²) in [5, 5.41) is 10.1. The monoisotopic (exact) mass is 281 g/mol. The van der Waals surface area contributed by atoms with E-state index in [-0.39, 0.29) is 0 Å². The summed E-state index contributed by atoms with van der Waals surface area (Å²) >= 11 is 0. The lowest BCUT2D eigenvalue weighted by atomic mass is 9.98. The highest BCUT2D eigenvalue weighted by Crippen LogP contribution is 2.28. The van der Waals surface area contributed by atoms with E-state index in [1.54, 1.807) is 0 Å². The molecule has 21 heavy (non-hydrogen) atoms. The van der Waals surface area contributed by atoms with Gasteiger partial charge in [-0.2, -0.15) is 0 Å². The van der Waals surface area contributed by atoms with Gasteiger partial charge in [-0.05, 0) is 55.1 Å². The van der Waals surface area contributed by atoms with Gasteiger partial charge in [0.25, 0.3) is 0 Å². The Labute approximate surface area is 127 Å². The van der Waals surface area contributed by atoms with Gasteiger partial charge in [0, 0.05) is 12.1 Å². The molecular weight excluding hydrogens is 258 g/mol. The molecule has 1 aliphatic rings. The van der Waals surface area contributed by atoms with Crippen LogP contribution in [0.25, 0.3) is 11.1 Å². The molecule has 2 nitrogen and oxygen atoms in total. The van der Waals surface area contributed by atoms with E-state index >= 15 is 0 Å². The minimum absolute atomic E-state index is 0.410. The molecule has 2 aromatic rings. The van der Waals surface area contributed by atoms with Gasteiger partial charge in [0.05, 0.1) is 0 Å². The highest BCUT2D eigenvalue weighted by molar-refractivity contribution is 5.65. The minimum Gasteiger partial charge on any atom is -0.508 e. The van der Waals surface area contributed by atoms with Gasteiger partial charge in [-0.25, -0.2) is 0 Å². The van der Waals surface area contributed by atoms with Crippen molar-refractivity contribution in [1.82, 2.24) is 4.90 Å². The van der Waals surface area contributed by atoms with Crippen molar-refractivity contribution in [2.75, 3.05) is 13.1 Å². The molecule has 1 saturated heterocycles. The normalized spacial score (nSPS) is 17.0. The lowest BCUT2D eigenvalue weighted by Gasteiger charge is -2.30. The third-order valence-electron chi connectivity index (χ3n) is 4.46. The molecule has 0 aliphatic carbocycles. The molecule has 1 aliphatic heterocycles. The summed E-state index contributed by atoms with van der Waals surface area (Å²) in [5.41, 5.74) is 3.41. The second kappa shape index (κ2) is 6.31. The van der Waals surface area contributed by atoms with E-state index in [4.69, 9.17) is 0 Å². The first-order valence-corrected chi connectivity index (χ1v) is 7.82. The van der Waals surface area contributed by atoms with Gasteiger partial charge < -0.3 is 5.11 Å². The molecule has 1 N–H and O–H groups in total. The minimum atomic E-state index is 0.410. The van der Waals surface area contributed by atoms with Crippen LogP contribution < -0.4 is 0 Å². The molecule has 2 heteroatoms. The first-order valence-electron chi connectivity index (χ1n) is 7.82. The van der Waals surface area contributed by atoms with Crippen LogP contribution in [0.4, 0.5) is 0 Å². The number of nitrogens with zero attached hydrogens (tertiary/aromatic N) is 1. The summed E-state index contributed by atoms with van der Waals surface area (Å²) in [4.78, 5) is 2.45. The van der Waals surface area contributed by atoms with E-state index < -0.39 is 0 Å². The fourth-order valence-corrected chi connectivity index (χ4v) is 2.98. The zero-order chi connectivity index (χ0) is 14.7. The van der Waals surface area contributed by atoms with Crippen LogP contribution in [0.1, 0.15) is 25.3 Å². The number of benzene rings is 2. The summed E-state index contributed by atoms with van der Waals surface area (Å²) < 4.78 is 0. The van der Waals surface area contributed by atoms with Crippen LogP contribution in [0.5, 0.6) is 5.75 Å². The molecule has 3 rings (SSSR count). The van der Waals surface area contributed by atoms with E-state index in [1.807, 2.05) is 30.3 Å². The Hall–Kier alpha value is -1.80. The Bertz CT molecular complexity index is 586. The molecule has 1 fully saturated rings. The maximum absolute atomic E-state index is 10.1. The van der Waals surface area contributed by atoms with Gasteiger partial charge in [0.2, 0.25) is 0 Å². The zero-order valence-electron chi connectivity index (χ0n) is 12.6. The van der Waals surface area contributed by atoms with Crippen molar-refractivity contribution in [1.29, 1.82) is 0 Å². The van der Waals surface area contributed by atoms with E-state index in [0.717, 1.165) is 31.1 Å². The first-order chi connectivity index (χ1) is 10.2. The Kier molecular flexibility index (Phi) is 4.26. The molecule has 0 unspecified atom stereocenters. The molecule has 0 spiro atoms. The van der Waals surface area contributed by atoms with E-state index in [2.05, 4.69) is 30.0 Å². The Morgan fingerprint density at radius 3 is 2.43 bits per heavy atom. The third-order valence-corrected chi connectivity index (χ3v) is 4.46. The summed E-state index contributed by atoms with van der Waals surface area (Å²) in [6, 6.07) is 16.3. The van der Waals surface area contributed by atoms with Crippen LogP contribution in [0.15, 0.2) is 48.5 Å². The van der Waals surface area contributed by atoms with Crippen molar-refractivity contribution in [2.45, 2.75) is 26.3 Å². The van der Waals surface area contributed by atoms with E-state index in [0.29, 0.717) is 5.75 Å². The molecule has 1 heterocycles. The highest BCUT2D eigenvalue weighted by atomic mass is 16.3. The van der Waals surface area contributed by atoms with Crippen LogP contribution >= 0.6 is 0 Å². The number of piperidine rings is 1. The fraction of sp³-hybridized carbons (Fsp3) is 0.368. The molecule has 0 atom stereocenters. The van der Waals surface area contributed by atoms with Crippen LogP contribution in [-0.2, 0) is 6.54 Å². The van der Waals surface area contributed by atoms with Gasteiger partial charge in [-0.15, -0.1) is 0 Å². The van der Waals surface area contributed by atoms with Crippen molar-refractivity contribution in [3.63, 3.8) is 0 Å². The van der Waals surface area contributed by atoms with Crippen molar-refractivity contribution in [2.24, 2.45) is 5.92 Å². The molecular formula is C19H23NO. The zero-order valence-corrected chi connectivity index (χ0v) is 12.6. The number of phenolic OH excluding ortho intramolecular Hbond substituents is 1. The number of phenols is 1. The van der Waals surface area contributed by atoms with Crippen LogP contribution in [-0.4, -0.2) is 23.1 Å². The van der Waals surface area contributed by atoms with Crippen molar-refractivity contribution < 1.29 is 5.11 Å². The molecule has 0 aromatic heterocycles. The van der Waals surface area contributed by atoms with Gasteiger partial charge in [-0.3, -0.25) is 4.90 Å². The first kappa shape index (κ1) is 14.2. The maximum atomic E-state index is 10.1. The molecule has 0 radical (unpaired) electrons. The van der Waals surface area contributed by atoms with Gasteiger partial charge in [0.15, 0.2) is 0 Å². The number of hydrogen-bond acceptors (Lipinski definition) is 2. The molecule has 0 saturated carbocycles. The standard InChI is InChI=1S/C19H23NO/c1-15-9-11-20(12-10-15)14-18-13-17(7-8-19(18)21)16-5-3-2-4-6-16/h2-8,13,15,21H,9-12,14H2,1H3. The fourth-order valence-electron chi connectivity index (χ4n) is 2.98. The predicted octanol–water partition coefficient (Wildman–Crippen LogP) is 4.29. The average molecular weight is 281 g/mol. The topological polar surface area (TPSA) is 23.5 Å². The summed E-state index contributed by atoms with van der Waals surface area (Å²) in [6.07, 6.45) is 2.53. The van der Waals surface area contributed by atoms with Crippen molar-refractivity contribution in [3.8, 4) is 16.9 Å². The highest BCUT2D eigenvalue weighted by Gasteiger charge is 2.17. The Morgan fingerprint density at radius 2 is 1.71 bits per heavy atom. The number of aromatic hydroxyl groups is 1. The lowest BCUT2D eigenvalue weighted by molar-refractivity contribution is 0.183. The van der Waals surface area contributed by atoms with Crippen LogP contribution in [0, 0.1) is 5.92 Å². The number of hydrogen-bond donors (Lipinski definition) is 1. The van der Waals surface area contributed by atoms with Gasteiger partial charge in [0.1, 0.15) is 5.75 Å². The molecule has 2 aromatic carbocycles. The maximum Gasteiger partial charge on any atom is 0.120 e. The Morgan fingerprint density at radius 1 is 1.00 bits per heavy atom. The van der Waals surface area contributed by atoms with Gasteiger partial charge >= 0.3 is 0 Å². The second-order valence-electron chi connectivity index (χ2n) is 6.17. The SMILES string of the molecule is CC1CCN(Cc2cc(-c3ccccc3)ccc2O)CC1. The quantitative estimate of drug-likeness (QED) is 0.907. The van der Waals surface area contributed by atoms with E-state index in [9.17, 15) is 5.11 Å². The largest absolute Gasteiger partial charge is 0.508 e.